The van der Waals surface area contributed by atoms with Gasteiger partial charge in [-0.15, -0.1) is 0 Å². The lowest BCUT2D eigenvalue weighted by Gasteiger charge is -2.18. The Hall–Kier alpha value is -2.15. The van der Waals surface area contributed by atoms with Gasteiger partial charge in [0, 0.05) is 32.2 Å². The van der Waals surface area contributed by atoms with E-state index in [2.05, 4.69) is 5.32 Å². The lowest BCUT2D eigenvalue weighted by atomic mass is 10.0. The zero-order valence-corrected chi connectivity index (χ0v) is 11.7. The van der Waals surface area contributed by atoms with E-state index in [0.29, 0.717) is 17.4 Å². The van der Waals surface area contributed by atoms with Gasteiger partial charge in [-0.2, -0.15) is 0 Å². The van der Waals surface area contributed by atoms with Crippen LogP contribution in [-0.4, -0.2) is 49.0 Å². The standard InChI is InChI=1S/C14H17N3O4/c1-21-13-4-11(17(19)20)2-3-12(13)14(18)16-7-9-5-15-6-10(9)8-16/h2-4,9-10,15H,5-8H2,1H3. The molecule has 0 aromatic heterocycles. The SMILES string of the molecule is COc1cc([N+](=O)[O-])ccc1C(=O)N1CC2CNCC2C1. The van der Waals surface area contributed by atoms with E-state index in [1.165, 1.54) is 25.3 Å². The summed E-state index contributed by atoms with van der Waals surface area (Å²) in [4.78, 5) is 24.7. The van der Waals surface area contributed by atoms with E-state index in [4.69, 9.17) is 4.74 Å². The molecule has 0 radical (unpaired) electrons. The van der Waals surface area contributed by atoms with Gasteiger partial charge in [-0.25, -0.2) is 0 Å². The van der Waals surface area contributed by atoms with Gasteiger partial charge in [0.1, 0.15) is 5.75 Å². The normalized spacial score (nSPS) is 24.0. The average Bonchev–Trinajstić information content (AvgIpc) is 3.06. The lowest BCUT2D eigenvalue weighted by molar-refractivity contribution is -0.384. The summed E-state index contributed by atoms with van der Waals surface area (Å²) in [5, 5.41) is 14.1. The van der Waals surface area contributed by atoms with E-state index >= 15 is 0 Å². The molecule has 7 heteroatoms. The van der Waals surface area contributed by atoms with Crippen molar-refractivity contribution in [2.24, 2.45) is 11.8 Å². The van der Waals surface area contributed by atoms with Gasteiger partial charge >= 0.3 is 0 Å². The number of methoxy groups -OCH3 is 1. The molecule has 2 fully saturated rings. The number of nitrogens with zero attached hydrogens (tertiary/aromatic N) is 2. The van der Waals surface area contributed by atoms with Gasteiger partial charge in [0.2, 0.25) is 0 Å². The van der Waals surface area contributed by atoms with Crippen molar-refractivity contribution in [3.8, 4) is 5.75 Å². The predicted molar refractivity (Wildman–Crippen MR) is 75.4 cm³/mol. The summed E-state index contributed by atoms with van der Waals surface area (Å²) in [5.41, 5.74) is 0.307. The number of nitrogens with one attached hydrogen (secondary N) is 1. The fraction of sp³-hybridized carbons (Fsp3) is 0.500. The Morgan fingerprint density at radius 3 is 2.62 bits per heavy atom. The molecule has 21 heavy (non-hydrogen) atoms. The molecule has 0 saturated carbocycles. The van der Waals surface area contributed by atoms with Gasteiger partial charge in [0.05, 0.1) is 23.7 Å². The molecule has 112 valence electrons. The Labute approximate surface area is 122 Å². The molecule has 2 heterocycles. The average molecular weight is 291 g/mol. The summed E-state index contributed by atoms with van der Waals surface area (Å²) in [6.07, 6.45) is 0. The smallest absolute Gasteiger partial charge is 0.273 e. The zero-order chi connectivity index (χ0) is 15.0. The van der Waals surface area contributed by atoms with E-state index in [-0.39, 0.29) is 17.3 Å². The summed E-state index contributed by atoms with van der Waals surface area (Å²) in [6.45, 7) is 3.37. The number of likely N-dealkylation sites (tertiary alicyclic amines) is 1. The van der Waals surface area contributed by atoms with E-state index in [0.717, 1.165) is 26.2 Å². The Bertz CT molecular complexity index is 578. The van der Waals surface area contributed by atoms with Crippen molar-refractivity contribution < 1.29 is 14.5 Å². The molecule has 0 spiro atoms. The first-order chi connectivity index (χ1) is 10.1. The number of fused-ring (bicyclic) bond motifs is 1. The van der Waals surface area contributed by atoms with Crippen LogP contribution in [0.5, 0.6) is 5.75 Å². The Morgan fingerprint density at radius 1 is 1.38 bits per heavy atom. The molecule has 2 aliphatic rings. The number of carbonyl (C=O) groups excluding carboxylic acids is 1. The number of nitro groups is 1. The molecular weight excluding hydrogens is 274 g/mol. The minimum atomic E-state index is -0.497. The molecule has 2 atom stereocenters. The lowest BCUT2D eigenvalue weighted by Crippen LogP contribution is -2.32. The first-order valence-corrected chi connectivity index (χ1v) is 6.92. The van der Waals surface area contributed by atoms with Crippen molar-refractivity contribution in [2.75, 3.05) is 33.3 Å². The van der Waals surface area contributed by atoms with Crippen molar-refractivity contribution >= 4 is 11.6 Å². The molecule has 1 aromatic rings. The van der Waals surface area contributed by atoms with Gasteiger partial charge < -0.3 is 15.0 Å². The number of carbonyl (C=O) groups is 1. The Balaban J connectivity index is 1.83. The van der Waals surface area contributed by atoms with E-state index in [1.807, 2.05) is 4.90 Å². The minimum absolute atomic E-state index is 0.0779. The summed E-state index contributed by atoms with van der Waals surface area (Å²) in [7, 11) is 1.42. The van der Waals surface area contributed by atoms with E-state index < -0.39 is 4.92 Å². The highest BCUT2D eigenvalue weighted by molar-refractivity contribution is 5.97. The quantitative estimate of drug-likeness (QED) is 0.660. The van der Waals surface area contributed by atoms with Crippen molar-refractivity contribution in [3.63, 3.8) is 0 Å². The van der Waals surface area contributed by atoms with Crippen LogP contribution in [0.3, 0.4) is 0 Å². The summed E-state index contributed by atoms with van der Waals surface area (Å²) >= 11 is 0. The summed E-state index contributed by atoms with van der Waals surface area (Å²) < 4.78 is 5.15. The largest absolute Gasteiger partial charge is 0.496 e. The van der Waals surface area contributed by atoms with E-state index in [9.17, 15) is 14.9 Å². The van der Waals surface area contributed by atoms with Crippen LogP contribution in [0.1, 0.15) is 10.4 Å². The van der Waals surface area contributed by atoms with E-state index in [1.54, 1.807) is 0 Å². The number of benzene rings is 1. The molecule has 7 nitrogen and oxygen atoms in total. The number of hydrogen-bond donors (Lipinski definition) is 1. The van der Waals surface area contributed by atoms with Crippen LogP contribution in [0.4, 0.5) is 5.69 Å². The third-order valence-corrected chi connectivity index (χ3v) is 4.30. The number of rotatable bonds is 3. The number of non-ortho nitro benzene ring substituents is 1. The maximum atomic E-state index is 12.6. The molecule has 3 rings (SSSR count). The van der Waals surface area contributed by atoms with Crippen LogP contribution in [-0.2, 0) is 0 Å². The minimum Gasteiger partial charge on any atom is -0.496 e. The van der Waals surface area contributed by atoms with Crippen molar-refractivity contribution in [1.29, 1.82) is 0 Å². The topological polar surface area (TPSA) is 84.7 Å². The van der Waals surface area contributed by atoms with Gasteiger partial charge in [-0.05, 0) is 17.9 Å². The molecule has 2 unspecified atom stereocenters. The van der Waals surface area contributed by atoms with Crippen LogP contribution in [0.2, 0.25) is 0 Å². The van der Waals surface area contributed by atoms with Crippen molar-refractivity contribution in [1.82, 2.24) is 10.2 Å². The van der Waals surface area contributed by atoms with Crippen LogP contribution in [0.15, 0.2) is 18.2 Å². The number of hydrogen-bond acceptors (Lipinski definition) is 5. The highest BCUT2D eigenvalue weighted by Gasteiger charge is 2.38. The highest BCUT2D eigenvalue weighted by atomic mass is 16.6. The summed E-state index contributed by atoms with van der Waals surface area (Å²) in [6, 6.07) is 4.12. The van der Waals surface area contributed by atoms with Crippen LogP contribution in [0, 0.1) is 22.0 Å². The van der Waals surface area contributed by atoms with Gasteiger partial charge in [-0.3, -0.25) is 14.9 Å². The molecule has 2 aliphatic heterocycles. The third kappa shape index (κ3) is 2.44. The Kier molecular flexibility index (Phi) is 3.50. The van der Waals surface area contributed by atoms with Gasteiger partial charge in [-0.1, -0.05) is 0 Å². The maximum absolute atomic E-state index is 12.6. The summed E-state index contributed by atoms with van der Waals surface area (Å²) in [5.74, 6) is 1.16. The molecule has 1 N–H and O–H groups in total. The third-order valence-electron chi connectivity index (χ3n) is 4.30. The fourth-order valence-corrected chi connectivity index (χ4v) is 3.16. The van der Waals surface area contributed by atoms with Crippen molar-refractivity contribution in [3.05, 3.63) is 33.9 Å². The Morgan fingerprint density at radius 2 is 2.05 bits per heavy atom. The molecular formula is C14H17N3O4. The number of ether oxygens (including phenoxy) is 1. The van der Waals surface area contributed by atoms with Crippen LogP contribution in [0.25, 0.3) is 0 Å². The number of nitro benzene ring substituents is 1. The van der Waals surface area contributed by atoms with Crippen molar-refractivity contribution in [2.45, 2.75) is 0 Å². The molecule has 0 aliphatic carbocycles. The number of amides is 1. The fourth-order valence-electron chi connectivity index (χ4n) is 3.16. The van der Waals surface area contributed by atoms with Gasteiger partial charge in [0.15, 0.2) is 0 Å². The van der Waals surface area contributed by atoms with Crippen LogP contribution < -0.4 is 10.1 Å². The second-order valence-electron chi connectivity index (χ2n) is 5.53. The molecule has 0 bridgehead atoms. The monoisotopic (exact) mass is 291 g/mol. The molecule has 1 aromatic carbocycles. The maximum Gasteiger partial charge on any atom is 0.273 e. The highest BCUT2D eigenvalue weighted by Crippen LogP contribution is 2.30. The second-order valence-corrected chi connectivity index (χ2v) is 5.53. The van der Waals surface area contributed by atoms with Gasteiger partial charge in [0.25, 0.3) is 11.6 Å². The second kappa shape index (κ2) is 5.33. The first kappa shape index (κ1) is 13.8. The van der Waals surface area contributed by atoms with Crippen LogP contribution >= 0.6 is 0 Å². The first-order valence-electron chi connectivity index (χ1n) is 6.92. The molecule has 2 saturated heterocycles. The zero-order valence-electron chi connectivity index (χ0n) is 11.7. The molecule has 1 amide bonds. The predicted octanol–water partition coefficient (Wildman–Crippen LogP) is 0.895.